The van der Waals surface area contributed by atoms with Gasteiger partial charge in [-0.2, -0.15) is 4.58 Å². The van der Waals surface area contributed by atoms with E-state index in [0.29, 0.717) is 25.9 Å². The third-order valence-corrected chi connectivity index (χ3v) is 10.2. The SMILES string of the molecule is CC1(C)C2=[N+](CCC(=O)NCNC(=O)CCN3\C(=C/C=C/C=C/C=C2)C(C)(C)c2c3ccc3ccccc23)c2ccc3ccccc3c21. The van der Waals surface area contributed by atoms with Crippen LogP contribution in [-0.2, 0) is 20.4 Å². The molecule has 0 bridgehead atoms. The largest absolute Gasteiger partial charge is 0.343 e. The summed E-state index contributed by atoms with van der Waals surface area (Å²) in [5, 5.41) is 10.7. The molecule has 6 nitrogen and oxygen atoms in total. The third kappa shape index (κ3) is 5.45. The molecule has 48 heavy (non-hydrogen) atoms. The summed E-state index contributed by atoms with van der Waals surface area (Å²) in [7, 11) is 0. The number of carbonyl (C=O) groups excluding carboxylic acids is 2. The van der Waals surface area contributed by atoms with Crippen LogP contribution in [0, 0.1) is 0 Å². The van der Waals surface area contributed by atoms with Crippen molar-refractivity contribution in [1.29, 1.82) is 0 Å². The summed E-state index contributed by atoms with van der Waals surface area (Å²) in [6, 6.07) is 25.7. The lowest BCUT2D eigenvalue weighted by Gasteiger charge is -2.27. The molecule has 0 atom stereocenters. The minimum Gasteiger partial charge on any atom is -0.343 e. The lowest BCUT2D eigenvalue weighted by Crippen LogP contribution is -2.39. The Morgan fingerprint density at radius 1 is 0.667 bits per heavy atom. The molecule has 0 saturated carbocycles. The molecule has 4 aromatic rings. The minimum atomic E-state index is -0.265. The number of amides is 2. The molecular formula is C42H43N4O2+. The Labute approximate surface area is 282 Å². The van der Waals surface area contributed by atoms with E-state index < -0.39 is 0 Å². The van der Waals surface area contributed by atoms with Crippen LogP contribution in [0.5, 0.6) is 0 Å². The van der Waals surface area contributed by atoms with Crippen molar-refractivity contribution in [3.8, 4) is 0 Å². The number of anilines is 1. The molecule has 3 heterocycles. The Morgan fingerprint density at radius 2 is 1.29 bits per heavy atom. The molecule has 0 aromatic heterocycles. The fourth-order valence-electron chi connectivity index (χ4n) is 7.88. The molecule has 6 heteroatoms. The Balaban J connectivity index is 1.25. The highest BCUT2D eigenvalue weighted by Crippen LogP contribution is 2.51. The predicted octanol–water partition coefficient (Wildman–Crippen LogP) is 7.70. The van der Waals surface area contributed by atoms with E-state index in [-0.39, 0.29) is 29.3 Å². The summed E-state index contributed by atoms with van der Waals surface area (Å²) in [5.41, 5.74) is 6.59. The number of hydrogen-bond acceptors (Lipinski definition) is 3. The second-order valence-corrected chi connectivity index (χ2v) is 13.9. The van der Waals surface area contributed by atoms with E-state index in [9.17, 15) is 9.59 Å². The van der Waals surface area contributed by atoms with Crippen molar-refractivity contribution in [1.82, 2.24) is 10.6 Å². The Hall–Kier alpha value is -5.23. The van der Waals surface area contributed by atoms with Gasteiger partial charge >= 0.3 is 0 Å². The van der Waals surface area contributed by atoms with Gasteiger partial charge in [0.15, 0.2) is 12.3 Å². The van der Waals surface area contributed by atoms with Gasteiger partial charge in [0.2, 0.25) is 17.5 Å². The van der Waals surface area contributed by atoms with Crippen LogP contribution >= 0.6 is 0 Å². The Morgan fingerprint density at radius 3 is 2.04 bits per heavy atom. The second-order valence-electron chi connectivity index (χ2n) is 13.9. The van der Waals surface area contributed by atoms with E-state index in [1.165, 1.54) is 32.7 Å². The lowest BCUT2D eigenvalue weighted by molar-refractivity contribution is -0.436. The van der Waals surface area contributed by atoms with Gasteiger partial charge in [0.25, 0.3) is 0 Å². The molecule has 7 rings (SSSR count). The number of rotatable bonds is 0. The molecule has 0 aliphatic carbocycles. The first-order valence-corrected chi connectivity index (χ1v) is 16.9. The fraction of sp³-hybridized carbons (Fsp3) is 0.262. The maximum absolute atomic E-state index is 13.1. The zero-order valence-corrected chi connectivity index (χ0v) is 28.2. The summed E-state index contributed by atoms with van der Waals surface area (Å²) in [4.78, 5) is 28.4. The van der Waals surface area contributed by atoms with Crippen LogP contribution in [0.15, 0.2) is 121 Å². The fourth-order valence-corrected chi connectivity index (χ4v) is 7.88. The maximum Gasteiger partial charge on any atom is 0.227 e. The molecule has 242 valence electrons. The number of benzene rings is 4. The van der Waals surface area contributed by atoms with Gasteiger partial charge in [0.1, 0.15) is 0 Å². The third-order valence-electron chi connectivity index (χ3n) is 10.2. The highest BCUT2D eigenvalue weighted by Gasteiger charge is 2.45. The van der Waals surface area contributed by atoms with Gasteiger partial charge in [-0.05, 0) is 59.2 Å². The van der Waals surface area contributed by atoms with Gasteiger partial charge in [-0.15, -0.1) is 0 Å². The maximum atomic E-state index is 13.1. The normalized spacial score (nSPS) is 21.8. The zero-order chi connectivity index (χ0) is 33.5. The quantitative estimate of drug-likeness (QED) is 0.195. The molecule has 3 aliphatic rings. The van der Waals surface area contributed by atoms with Crippen LogP contribution in [0.4, 0.5) is 11.4 Å². The first kappa shape index (κ1) is 31.4. The lowest BCUT2D eigenvalue weighted by atomic mass is 9.79. The summed E-state index contributed by atoms with van der Waals surface area (Å²) in [5.74, 6) is -0.199. The van der Waals surface area contributed by atoms with E-state index in [1.54, 1.807) is 0 Å². The van der Waals surface area contributed by atoms with Gasteiger partial charge in [0, 0.05) is 47.5 Å². The number of nitrogens with one attached hydrogen (secondary N) is 2. The zero-order valence-electron chi connectivity index (χ0n) is 28.2. The smallest absolute Gasteiger partial charge is 0.227 e. The summed E-state index contributed by atoms with van der Waals surface area (Å²) < 4.78 is 2.28. The van der Waals surface area contributed by atoms with E-state index >= 15 is 0 Å². The topological polar surface area (TPSA) is 64.5 Å². The molecule has 0 spiro atoms. The predicted molar refractivity (Wildman–Crippen MR) is 197 cm³/mol. The molecule has 0 unspecified atom stereocenters. The van der Waals surface area contributed by atoms with Crippen LogP contribution in [0.1, 0.15) is 51.7 Å². The molecule has 2 N–H and O–H groups in total. The van der Waals surface area contributed by atoms with Gasteiger partial charge in [-0.1, -0.05) is 98.8 Å². The highest BCUT2D eigenvalue weighted by molar-refractivity contribution is 6.07. The average molecular weight is 636 g/mol. The van der Waals surface area contributed by atoms with Crippen molar-refractivity contribution in [3.05, 3.63) is 132 Å². The van der Waals surface area contributed by atoms with Crippen LogP contribution in [0.25, 0.3) is 21.5 Å². The van der Waals surface area contributed by atoms with E-state index in [1.807, 2.05) is 0 Å². The van der Waals surface area contributed by atoms with Crippen molar-refractivity contribution in [3.63, 3.8) is 0 Å². The van der Waals surface area contributed by atoms with Crippen LogP contribution < -0.4 is 15.5 Å². The van der Waals surface area contributed by atoms with Crippen molar-refractivity contribution in [2.45, 2.75) is 51.4 Å². The average Bonchev–Trinajstić information content (AvgIpc) is 3.43. The van der Waals surface area contributed by atoms with Crippen molar-refractivity contribution in [2.75, 3.05) is 24.7 Å². The van der Waals surface area contributed by atoms with Crippen molar-refractivity contribution in [2.24, 2.45) is 0 Å². The first-order valence-electron chi connectivity index (χ1n) is 16.9. The van der Waals surface area contributed by atoms with E-state index in [2.05, 4.69) is 163 Å². The molecule has 4 aromatic carbocycles. The monoisotopic (exact) mass is 635 g/mol. The van der Waals surface area contributed by atoms with Crippen LogP contribution in [0.3, 0.4) is 0 Å². The van der Waals surface area contributed by atoms with Gasteiger partial charge in [-0.3, -0.25) is 9.59 Å². The summed E-state index contributed by atoms with van der Waals surface area (Å²) in [6.07, 6.45) is 15.3. The van der Waals surface area contributed by atoms with Gasteiger partial charge in [0.05, 0.1) is 18.5 Å². The van der Waals surface area contributed by atoms with E-state index in [4.69, 9.17) is 0 Å². The molecular weight excluding hydrogens is 592 g/mol. The molecule has 2 amide bonds. The number of allylic oxidation sites excluding steroid dienone is 8. The van der Waals surface area contributed by atoms with Crippen LogP contribution in [-0.4, -0.2) is 41.9 Å². The van der Waals surface area contributed by atoms with Gasteiger partial charge in [-0.25, -0.2) is 0 Å². The highest BCUT2D eigenvalue weighted by atomic mass is 16.2. The van der Waals surface area contributed by atoms with Crippen molar-refractivity contribution >= 4 is 50.4 Å². The molecule has 0 fully saturated rings. The number of carbonyl (C=O) groups is 2. The number of hydrogen-bond donors (Lipinski definition) is 2. The van der Waals surface area contributed by atoms with Crippen molar-refractivity contribution < 1.29 is 14.2 Å². The van der Waals surface area contributed by atoms with Crippen LogP contribution in [0.2, 0.25) is 0 Å². The first-order chi connectivity index (χ1) is 23.2. The molecule has 0 saturated heterocycles. The van der Waals surface area contributed by atoms with E-state index in [0.717, 1.165) is 22.8 Å². The number of fused-ring (bicyclic) bond motifs is 9. The molecule has 3 aliphatic heterocycles. The Bertz CT molecular complexity index is 2110. The minimum absolute atomic E-state index is 0.0996. The van der Waals surface area contributed by atoms with Gasteiger partial charge < -0.3 is 15.5 Å². The molecule has 0 radical (unpaired) electrons. The standard InChI is InChI=1S/C42H42N4O2/c1-41(2)35-18-8-6-5-7-9-19-36-42(3,4)40-32-17-13-11-15-30(32)21-23-34(40)46(36)27-25-38(48)44-28-43-37(47)24-26-45(35)33-22-20-29-14-10-12-16-31(29)39(33)41/h5-23H,24-28H2,1-4H3,(H-,43,44,47,48)/p+1. The summed E-state index contributed by atoms with van der Waals surface area (Å²) >= 11 is 0. The second kappa shape index (κ2) is 12.4. The summed E-state index contributed by atoms with van der Waals surface area (Å²) in [6.45, 7) is 10.2. The number of nitrogens with zero attached hydrogens (tertiary/aromatic N) is 2. The Kier molecular flexibility index (Phi) is 8.12.